The van der Waals surface area contributed by atoms with Gasteiger partial charge in [0.05, 0.1) is 38.1 Å². The molecule has 1 aliphatic rings. The average molecular weight is 707 g/mol. The Kier molecular flexibility index (Phi) is 5.47. The summed E-state index contributed by atoms with van der Waals surface area (Å²) in [6, 6.07) is 58.1. The lowest BCUT2D eigenvalue weighted by atomic mass is 9.99. The van der Waals surface area contributed by atoms with Crippen LogP contribution in [0, 0.1) is 0 Å². The molecule has 0 fully saturated rings. The van der Waals surface area contributed by atoms with Gasteiger partial charge in [-0.1, -0.05) is 121 Å². The quantitative estimate of drug-likeness (QED) is 0.167. The van der Waals surface area contributed by atoms with E-state index in [1.807, 2.05) is 11.3 Å². The standard InChI is InChI=1S/C49H30N4S/c1-51-46-35-18-8-11-21-41(35)54-47(46)49(50-48(51)31-23-22-28-12-2-3-14-30(28)26-31)53-39-20-10-7-17-34(39)37-27-36-33-16-6-9-19-38(33)52-40-25-24-29-13-4-5-15-32(29)42(40)43(44(36)52)45(37)53/h2-27,48H,1H3. The van der Waals surface area contributed by atoms with Crippen molar-refractivity contribution >= 4 is 114 Å². The third-order valence-corrected chi connectivity index (χ3v) is 13.2. The third-order valence-electron chi connectivity index (χ3n) is 12.0. The summed E-state index contributed by atoms with van der Waals surface area (Å²) in [4.78, 5) is 9.45. The van der Waals surface area contributed by atoms with E-state index in [-0.39, 0.29) is 6.17 Å². The molecule has 0 N–H and O–H groups in total. The summed E-state index contributed by atoms with van der Waals surface area (Å²) in [5, 5.41) is 13.9. The van der Waals surface area contributed by atoms with E-state index in [0.717, 1.165) is 5.84 Å². The Morgan fingerprint density at radius 2 is 1.15 bits per heavy atom. The summed E-state index contributed by atoms with van der Waals surface area (Å²) in [7, 11) is 2.22. The fraction of sp³-hybridized carbons (Fsp3) is 0.0408. The van der Waals surface area contributed by atoms with E-state index < -0.39 is 0 Å². The molecule has 0 amide bonds. The molecule has 5 heteroatoms. The van der Waals surface area contributed by atoms with Gasteiger partial charge in [-0.05, 0) is 63.5 Å². The van der Waals surface area contributed by atoms with Crippen LogP contribution >= 0.6 is 11.3 Å². The minimum atomic E-state index is -0.219. The maximum absolute atomic E-state index is 5.86. The lowest BCUT2D eigenvalue weighted by Gasteiger charge is -2.33. The number of anilines is 1. The van der Waals surface area contributed by atoms with E-state index in [0.29, 0.717) is 0 Å². The zero-order valence-electron chi connectivity index (χ0n) is 29.3. The molecule has 0 saturated carbocycles. The van der Waals surface area contributed by atoms with Crippen LogP contribution in [0.15, 0.2) is 163 Å². The van der Waals surface area contributed by atoms with E-state index >= 15 is 0 Å². The maximum Gasteiger partial charge on any atom is 0.155 e. The van der Waals surface area contributed by atoms with Gasteiger partial charge in [-0.25, -0.2) is 4.99 Å². The zero-order chi connectivity index (χ0) is 35.2. The second kappa shape index (κ2) is 10.2. The molecule has 54 heavy (non-hydrogen) atoms. The number of benzene rings is 8. The first-order valence-electron chi connectivity index (χ1n) is 18.6. The molecule has 252 valence electrons. The molecule has 13 rings (SSSR count). The van der Waals surface area contributed by atoms with Gasteiger partial charge in [-0.15, -0.1) is 11.3 Å². The van der Waals surface area contributed by atoms with Crippen molar-refractivity contribution in [2.24, 2.45) is 4.99 Å². The number of nitrogens with zero attached hydrogens (tertiary/aromatic N) is 4. The van der Waals surface area contributed by atoms with Crippen LogP contribution in [0.1, 0.15) is 16.6 Å². The van der Waals surface area contributed by atoms with E-state index in [1.165, 1.54) is 108 Å². The predicted octanol–water partition coefficient (Wildman–Crippen LogP) is 12.9. The van der Waals surface area contributed by atoms with Gasteiger partial charge in [0.25, 0.3) is 0 Å². The number of aromatic nitrogens is 2. The van der Waals surface area contributed by atoms with E-state index in [9.17, 15) is 0 Å². The monoisotopic (exact) mass is 706 g/mol. The Morgan fingerprint density at radius 1 is 0.500 bits per heavy atom. The number of para-hydroxylation sites is 2. The molecule has 0 saturated heterocycles. The fourth-order valence-electron chi connectivity index (χ4n) is 9.73. The molecular formula is C49H30N4S. The van der Waals surface area contributed by atoms with Crippen molar-refractivity contribution in [3.63, 3.8) is 0 Å². The van der Waals surface area contributed by atoms with Crippen molar-refractivity contribution in [2.75, 3.05) is 11.9 Å². The average Bonchev–Trinajstić information content (AvgIpc) is 3.97. The van der Waals surface area contributed by atoms with E-state index in [4.69, 9.17) is 4.99 Å². The highest BCUT2D eigenvalue weighted by Gasteiger charge is 2.34. The predicted molar refractivity (Wildman–Crippen MR) is 230 cm³/mol. The Morgan fingerprint density at radius 3 is 2.00 bits per heavy atom. The molecule has 1 atom stereocenters. The molecule has 8 aromatic carbocycles. The minimum Gasteiger partial charge on any atom is -0.347 e. The maximum atomic E-state index is 5.86. The third kappa shape index (κ3) is 3.55. The Hall–Kier alpha value is -6.69. The zero-order valence-corrected chi connectivity index (χ0v) is 30.1. The molecule has 4 aromatic heterocycles. The Bertz CT molecular complexity index is 3600. The van der Waals surface area contributed by atoms with Gasteiger partial charge in [-0.3, -0.25) is 4.57 Å². The SMILES string of the molecule is CN1c2c(sc3ccccc23)C(n2c3ccccc3c3cc4c5ccccc5n5c6ccc7ccccc7c6c(c32)c45)=NC1c1ccc2ccccc2c1. The fourth-order valence-corrected chi connectivity index (χ4v) is 11.0. The number of hydrogen-bond acceptors (Lipinski definition) is 3. The summed E-state index contributed by atoms with van der Waals surface area (Å²) in [6.07, 6.45) is -0.219. The van der Waals surface area contributed by atoms with Crippen molar-refractivity contribution in [1.82, 2.24) is 8.97 Å². The van der Waals surface area contributed by atoms with Gasteiger partial charge in [-0.2, -0.15) is 0 Å². The van der Waals surface area contributed by atoms with E-state index in [2.05, 4.69) is 179 Å². The number of thiophene rings is 1. The van der Waals surface area contributed by atoms with Crippen molar-refractivity contribution in [1.29, 1.82) is 0 Å². The topological polar surface area (TPSA) is 24.9 Å². The molecule has 1 aliphatic heterocycles. The van der Waals surface area contributed by atoms with Crippen LogP contribution in [-0.2, 0) is 0 Å². The number of rotatable bonds is 1. The number of fused-ring (bicyclic) bond motifs is 16. The van der Waals surface area contributed by atoms with Gasteiger partial charge < -0.3 is 9.30 Å². The lowest BCUT2D eigenvalue weighted by molar-refractivity contribution is 0.699. The molecule has 0 aliphatic carbocycles. The van der Waals surface area contributed by atoms with E-state index in [1.54, 1.807) is 0 Å². The minimum absolute atomic E-state index is 0.219. The summed E-state index contributed by atoms with van der Waals surface area (Å²) in [5.74, 6) is 1.00. The normalized spacial score (nSPS) is 15.0. The highest BCUT2D eigenvalue weighted by molar-refractivity contribution is 7.21. The van der Waals surface area contributed by atoms with Crippen LogP contribution < -0.4 is 4.90 Å². The molecule has 1 unspecified atom stereocenters. The second-order valence-corrected chi connectivity index (χ2v) is 15.8. The highest BCUT2D eigenvalue weighted by Crippen LogP contribution is 2.50. The molecule has 12 aromatic rings. The smallest absolute Gasteiger partial charge is 0.155 e. The first-order chi connectivity index (χ1) is 26.7. The molecule has 0 bridgehead atoms. The van der Waals surface area contributed by atoms with Gasteiger partial charge in [0.15, 0.2) is 5.84 Å². The molecule has 5 heterocycles. The van der Waals surface area contributed by atoms with Crippen molar-refractivity contribution in [3.05, 3.63) is 168 Å². The first kappa shape index (κ1) is 28.8. The van der Waals surface area contributed by atoms with Crippen molar-refractivity contribution in [2.45, 2.75) is 6.17 Å². The van der Waals surface area contributed by atoms with Gasteiger partial charge in [0.2, 0.25) is 0 Å². The van der Waals surface area contributed by atoms with Crippen LogP contribution in [0.3, 0.4) is 0 Å². The van der Waals surface area contributed by atoms with Crippen LogP contribution in [-0.4, -0.2) is 21.9 Å². The molecule has 0 spiro atoms. The van der Waals surface area contributed by atoms with Crippen molar-refractivity contribution < 1.29 is 0 Å². The van der Waals surface area contributed by atoms with Crippen molar-refractivity contribution in [3.8, 4) is 0 Å². The van der Waals surface area contributed by atoms with Crippen LogP contribution in [0.25, 0.3) is 91.5 Å². The Balaban J connectivity index is 1.25. The summed E-state index contributed by atoms with van der Waals surface area (Å²) < 4.78 is 6.31. The Labute approximate surface area is 313 Å². The summed E-state index contributed by atoms with van der Waals surface area (Å²) in [5.41, 5.74) is 8.56. The molecule has 0 radical (unpaired) electrons. The van der Waals surface area contributed by atoms with Gasteiger partial charge in [0.1, 0.15) is 6.17 Å². The van der Waals surface area contributed by atoms with Crippen LogP contribution in [0.5, 0.6) is 0 Å². The largest absolute Gasteiger partial charge is 0.347 e. The first-order valence-corrected chi connectivity index (χ1v) is 19.4. The summed E-state index contributed by atoms with van der Waals surface area (Å²) in [6.45, 7) is 0. The summed E-state index contributed by atoms with van der Waals surface area (Å²) >= 11 is 1.85. The molecule has 4 nitrogen and oxygen atoms in total. The lowest BCUT2D eigenvalue weighted by Crippen LogP contribution is -2.31. The number of aliphatic imine (C=N–C) groups is 1. The van der Waals surface area contributed by atoms with Crippen LogP contribution in [0.4, 0.5) is 5.69 Å². The van der Waals surface area contributed by atoms with Gasteiger partial charge >= 0.3 is 0 Å². The second-order valence-electron chi connectivity index (χ2n) is 14.7. The van der Waals surface area contributed by atoms with Gasteiger partial charge in [0, 0.05) is 49.5 Å². The number of hydrogen-bond donors (Lipinski definition) is 0. The highest BCUT2D eigenvalue weighted by atomic mass is 32.1. The van der Waals surface area contributed by atoms with Crippen LogP contribution in [0.2, 0.25) is 0 Å². The molecular weight excluding hydrogens is 677 g/mol.